The van der Waals surface area contributed by atoms with Crippen molar-refractivity contribution in [2.75, 3.05) is 26.1 Å². The number of hydrogen-bond donors (Lipinski definition) is 1. The van der Waals surface area contributed by atoms with Gasteiger partial charge in [-0.15, -0.1) is 0 Å². The Morgan fingerprint density at radius 1 is 1.05 bits per heavy atom. The standard InChI is InChI=1S/C31H40N2O6S/c1-10-38-26(34)25-31(7,24-14-18(29(2,3)4)13-23-22(24)11-12-30(23,5)6)39-28(40)33(25)27(35)32-19-15-20(36-8)17-21(16-19)37-9/h13-17,25H,10-12H2,1-9H3,(H,32,35). The van der Waals surface area contributed by atoms with Crippen LogP contribution in [0.3, 0.4) is 0 Å². The Morgan fingerprint density at radius 3 is 2.20 bits per heavy atom. The first-order valence-corrected chi connectivity index (χ1v) is 14.0. The predicted molar refractivity (Wildman–Crippen MR) is 158 cm³/mol. The highest BCUT2D eigenvalue weighted by Crippen LogP contribution is 2.49. The second-order valence-electron chi connectivity index (χ2n) is 12.2. The lowest BCUT2D eigenvalue weighted by atomic mass is 9.76. The number of thiocarbonyl (C=S) groups is 1. The Bertz CT molecular complexity index is 1330. The highest BCUT2D eigenvalue weighted by Gasteiger charge is 2.58. The molecule has 0 spiro atoms. The highest BCUT2D eigenvalue weighted by molar-refractivity contribution is 7.80. The summed E-state index contributed by atoms with van der Waals surface area (Å²) in [7, 11) is 3.05. The molecule has 40 heavy (non-hydrogen) atoms. The van der Waals surface area contributed by atoms with Gasteiger partial charge in [-0.25, -0.2) is 14.5 Å². The SMILES string of the molecule is CCOC(=O)C1N(C(=O)Nc2cc(OC)cc(OC)c2)C(=S)OC1(C)c1cc(C(C)(C)C)cc2c1CCC2(C)C. The molecule has 0 saturated carbocycles. The van der Waals surface area contributed by atoms with Crippen molar-refractivity contribution in [3.63, 3.8) is 0 Å². The molecule has 1 heterocycles. The summed E-state index contributed by atoms with van der Waals surface area (Å²) < 4.78 is 22.6. The Hall–Kier alpha value is -3.33. The van der Waals surface area contributed by atoms with Crippen molar-refractivity contribution in [1.29, 1.82) is 0 Å². The molecule has 1 N–H and O–H groups in total. The van der Waals surface area contributed by atoms with Crippen molar-refractivity contribution in [3.8, 4) is 11.5 Å². The van der Waals surface area contributed by atoms with E-state index in [0.29, 0.717) is 17.2 Å². The van der Waals surface area contributed by atoms with Gasteiger partial charge in [-0.3, -0.25) is 0 Å². The van der Waals surface area contributed by atoms with E-state index in [9.17, 15) is 9.59 Å². The van der Waals surface area contributed by atoms with Crippen molar-refractivity contribution in [3.05, 3.63) is 52.6 Å². The summed E-state index contributed by atoms with van der Waals surface area (Å²) in [5.74, 6) is 0.410. The molecular weight excluding hydrogens is 528 g/mol. The number of carbonyl (C=O) groups is 2. The molecule has 2 aromatic rings. The smallest absolute Gasteiger partial charge is 0.334 e. The van der Waals surface area contributed by atoms with Crippen LogP contribution in [0.15, 0.2) is 30.3 Å². The predicted octanol–water partition coefficient (Wildman–Crippen LogP) is 6.22. The van der Waals surface area contributed by atoms with E-state index in [4.69, 9.17) is 31.2 Å². The van der Waals surface area contributed by atoms with E-state index >= 15 is 0 Å². The number of carbonyl (C=O) groups excluding carboxylic acids is 2. The minimum Gasteiger partial charge on any atom is -0.497 e. The van der Waals surface area contributed by atoms with Crippen molar-refractivity contribution in [2.45, 2.75) is 83.8 Å². The number of ether oxygens (including phenoxy) is 4. The molecule has 0 aromatic heterocycles. The van der Waals surface area contributed by atoms with Crippen LogP contribution < -0.4 is 14.8 Å². The first kappa shape index (κ1) is 29.6. The molecule has 2 atom stereocenters. The lowest BCUT2D eigenvalue weighted by Crippen LogP contribution is -2.52. The fourth-order valence-electron chi connectivity index (χ4n) is 5.65. The van der Waals surface area contributed by atoms with Crippen LogP contribution >= 0.6 is 12.2 Å². The maximum absolute atomic E-state index is 13.8. The molecule has 2 amide bonds. The van der Waals surface area contributed by atoms with E-state index in [2.05, 4.69) is 52.1 Å². The fourth-order valence-corrected chi connectivity index (χ4v) is 6.01. The molecule has 8 nitrogen and oxygen atoms in total. The highest BCUT2D eigenvalue weighted by atomic mass is 32.1. The van der Waals surface area contributed by atoms with E-state index < -0.39 is 23.6 Å². The van der Waals surface area contributed by atoms with Gasteiger partial charge in [-0.2, -0.15) is 0 Å². The van der Waals surface area contributed by atoms with Crippen LogP contribution in [-0.2, 0) is 37.1 Å². The third kappa shape index (κ3) is 5.23. The molecule has 1 aliphatic heterocycles. The Balaban J connectivity index is 1.84. The Morgan fingerprint density at radius 2 is 1.65 bits per heavy atom. The number of esters is 1. The average Bonchev–Trinajstić information content (AvgIpc) is 3.34. The lowest BCUT2D eigenvalue weighted by Gasteiger charge is -2.34. The first-order chi connectivity index (χ1) is 18.7. The van der Waals surface area contributed by atoms with Crippen molar-refractivity contribution >= 4 is 35.1 Å². The number of nitrogens with one attached hydrogen (secondary N) is 1. The zero-order valence-corrected chi connectivity index (χ0v) is 25.7. The lowest BCUT2D eigenvalue weighted by molar-refractivity contribution is -0.151. The minimum atomic E-state index is -1.27. The molecule has 2 aromatic carbocycles. The molecule has 216 valence electrons. The van der Waals surface area contributed by atoms with Gasteiger partial charge in [0.05, 0.1) is 20.8 Å². The van der Waals surface area contributed by atoms with Gasteiger partial charge in [0.2, 0.25) is 0 Å². The molecule has 0 radical (unpaired) electrons. The summed E-state index contributed by atoms with van der Waals surface area (Å²) in [6.45, 7) is 14.7. The van der Waals surface area contributed by atoms with Gasteiger partial charge in [-0.1, -0.05) is 46.8 Å². The minimum absolute atomic E-state index is 0.0390. The molecule has 2 unspecified atom stereocenters. The monoisotopic (exact) mass is 568 g/mol. The third-order valence-electron chi connectivity index (χ3n) is 7.99. The number of benzene rings is 2. The maximum atomic E-state index is 13.8. The average molecular weight is 569 g/mol. The van der Waals surface area contributed by atoms with E-state index in [1.54, 1.807) is 25.1 Å². The second-order valence-corrected chi connectivity index (χ2v) is 12.6. The number of anilines is 1. The van der Waals surface area contributed by atoms with Gasteiger partial charge >= 0.3 is 12.0 Å². The van der Waals surface area contributed by atoms with Crippen molar-refractivity contribution in [1.82, 2.24) is 4.90 Å². The van der Waals surface area contributed by atoms with E-state index in [1.807, 2.05) is 6.92 Å². The van der Waals surface area contributed by atoms with Crippen LogP contribution in [0.1, 0.15) is 77.1 Å². The molecule has 0 bridgehead atoms. The number of nitrogens with zero attached hydrogens (tertiary/aromatic N) is 1. The summed E-state index contributed by atoms with van der Waals surface area (Å²) >= 11 is 5.62. The van der Waals surface area contributed by atoms with Gasteiger partial charge in [0.25, 0.3) is 5.17 Å². The van der Waals surface area contributed by atoms with Crippen LogP contribution in [0.4, 0.5) is 10.5 Å². The van der Waals surface area contributed by atoms with Crippen molar-refractivity contribution in [2.24, 2.45) is 0 Å². The summed E-state index contributed by atoms with van der Waals surface area (Å²) in [4.78, 5) is 28.6. The van der Waals surface area contributed by atoms with Crippen LogP contribution in [0.2, 0.25) is 0 Å². The zero-order chi connectivity index (χ0) is 29.6. The van der Waals surface area contributed by atoms with Crippen LogP contribution in [-0.4, -0.2) is 48.9 Å². The molecule has 1 saturated heterocycles. The summed E-state index contributed by atoms with van der Waals surface area (Å²) in [5.41, 5.74) is 3.32. The number of amides is 2. The normalized spacial score (nSPS) is 21.5. The van der Waals surface area contributed by atoms with Crippen molar-refractivity contribution < 1.29 is 28.5 Å². The number of fused-ring (bicyclic) bond motifs is 1. The second kappa shape index (κ2) is 10.6. The van der Waals surface area contributed by atoms with Crippen LogP contribution in [0.25, 0.3) is 0 Å². The van der Waals surface area contributed by atoms with Gasteiger partial charge in [0.1, 0.15) is 11.5 Å². The quantitative estimate of drug-likeness (QED) is 0.327. The van der Waals surface area contributed by atoms with Crippen LogP contribution in [0.5, 0.6) is 11.5 Å². The maximum Gasteiger partial charge on any atom is 0.334 e. The Kier molecular flexibility index (Phi) is 7.84. The van der Waals surface area contributed by atoms with Gasteiger partial charge in [-0.05, 0) is 66.4 Å². The number of hydrogen-bond acceptors (Lipinski definition) is 7. The van der Waals surface area contributed by atoms with E-state index in [-0.39, 0.29) is 22.6 Å². The molecular formula is C31H40N2O6S. The zero-order valence-electron chi connectivity index (χ0n) is 24.9. The third-order valence-corrected chi connectivity index (χ3v) is 8.27. The first-order valence-electron chi connectivity index (χ1n) is 13.6. The fraction of sp³-hybridized carbons (Fsp3) is 0.516. The molecule has 1 aliphatic carbocycles. The number of urea groups is 1. The molecule has 4 rings (SSSR count). The van der Waals surface area contributed by atoms with E-state index in [1.165, 1.54) is 24.7 Å². The van der Waals surface area contributed by atoms with Gasteiger partial charge in [0, 0.05) is 29.4 Å². The molecule has 1 fully saturated rings. The number of rotatable bonds is 6. The van der Waals surface area contributed by atoms with Gasteiger partial charge in [0.15, 0.2) is 11.6 Å². The van der Waals surface area contributed by atoms with Crippen LogP contribution in [0, 0.1) is 0 Å². The van der Waals surface area contributed by atoms with Gasteiger partial charge < -0.3 is 24.3 Å². The summed E-state index contributed by atoms with van der Waals surface area (Å²) in [6, 6.07) is 7.64. The Labute approximate surface area is 242 Å². The molecule has 2 aliphatic rings. The summed E-state index contributed by atoms with van der Waals surface area (Å²) in [5, 5.41) is 2.74. The van der Waals surface area contributed by atoms with E-state index in [0.717, 1.165) is 29.5 Å². The number of methoxy groups -OCH3 is 2. The topological polar surface area (TPSA) is 86.3 Å². The molecule has 9 heteroatoms. The largest absolute Gasteiger partial charge is 0.497 e. The summed E-state index contributed by atoms with van der Waals surface area (Å²) in [6.07, 6.45) is 1.80.